The van der Waals surface area contributed by atoms with Crippen molar-refractivity contribution < 1.29 is 0 Å². The Morgan fingerprint density at radius 1 is 0.857 bits per heavy atom. The quantitative estimate of drug-likeness (QED) is 0.725. The first-order valence-electron chi connectivity index (χ1n) is 6.69. The summed E-state index contributed by atoms with van der Waals surface area (Å²) in [4.78, 5) is 8.73. The van der Waals surface area contributed by atoms with Gasteiger partial charge in [-0.1, -0.05) is 72.3 Å². The van der Waals surface area contributed by atoms with E-state index < -0.39 is 0 Å². The lowest BCUT2D eigenvalue weighted by atomic mass is 10.1. The summed E-state index contributed by atoms with van der Waals surface area (Å²) in [7, 11) is 0. The normalized spacial score (nSPS) is 10.3. The van der Waals surface area contributed by atoms with Crippen LogP contribution in [0.25, 0.3) is 11.3 Å². The number of anilines is 1. The highest BCUT2D eigenvalue weighted by Crippen LogP contribution is 2.21. The summed E-state index contributed by atoms with van der Waals surface area (Å²) in [6.45, 7) is 0.662. The van der Waals surface area contributed by atoms with E-state index in [4.69, 9.17) is 11.6 Å². The van der Waals surface area contributed by atoms with E-state index in [1.165, 1.54) is 5.56 Å². The first-order valence-corrected chi connectivity index (χ1v) is 7.07. The minimum absolute atomic E-state index is 0.430. The van der Waals surface area contributed by atoms with Crippen molar-refractivity contribution >= 4 is 17.5 Å². The monoisotopic (exact) mass is 295 g/mol. The van der Waals surface area contributed by atoms with E-state index in [0.29, 0.717) is 17.6 Å². The van der Waals surface area contributed by atoms with Crippen LogP contribution in [0.1, 0.15) is 5.56 Å². The minimum atomic E-state index is 0.430. The molecule has 2 aromatic carbocycles. The van der Waals surface area contributed by atoms with Crippen LogP contribution in [0.3, 0.4) is 0 Å². The number of nitrogens with one attached hydrogen (secondary N) is 1. The van der Waals surface area contributed by atoms with Gasteiger partial charge in [0.1, 0.15) is 5.15 Å². The largest absolute Gasteiger partial charge is 0.350 e. The molecule has 0 aliphatic heterocycles. The maximum Gasteiger partial charge on any atom is 0.224 e. The fraction of sp³-hybridized carbons (Fsp3) is 0.0588. The van der Waals surface area contributed by atoms with Crippen LogP contribution in [0.15, 0.2) is 66.7 Å². The second-order valence-corrected chi connectivity index (χ2v) is 4.99. The lowest BCUT2D eigenvalue weighted by Crippen LogP contribution is -2.04. The molecule has 3 nitrogen and oxygen atoms in total. The number of hydrogen-bond acceptors (Lipinski definition) is 3. The summed E-state index contributed by atoms with van der Waals surface area (Å²) in [6, 6.07) is 21.8. The molecule has 0 atom stereocenters. The second kappa shape index (κ2) is 6.37. The molecule has 104 valence electrons. The van der Waals surface area contributed by atoms with Gasteiger partial charge in [-0.15, -0.1) is 0 Å². The molecule has 3 aromatic rings. The van der Waals surface area contributed by atoms with Crippen molar-refractivity contribution in [1.29, 1.82) is 0 Å². The topological polar surface area (TPSA) is 37.8 Å². The van der Waals surface area contributed by atoms with E-state index in [1.807, 2.05) is 48.5 Å². The molecule has 3 rings (SSSR count). The summed E-state index contributed by atoms with van der Waals surface area (Å²) in [6.07, 6.45) is 0. The third-order valence-corrected chi connectivity index (χ3v) is 3.25. The van der Waals surface area contributed by atoms with Crippen LogP contribution in [-0.2, 0) is 6.54 Å². The van der Waals surface area contributed by atoms with Crippen molar-refractivity contribution in [2.45, 2.75) is 6.54 Å². The molecule has 0 radical (unpaired) electrons. The van der Waals surface area contributed by atoms with Gasteiger partial charge in [-0.2, -0.15) is 0 Å². The number of rotatable bonds is 4. The first-order chi connectivity index (χ1) is 10.3. The minimum Gasteiger partial charge on any atom is -0.350 e. The van der Waals surface area contributed by atoms with Crippen molar-refractivity contribution in [3.63, 3.8) is 0 Å². The van der Waals surface area contributed by atoms with Gasteiger partial charge in [0, 0.05) is 18.2 Å². The molecular weight excluding hydrogens is 282 g/mol. The summed E-state index contributed by atoms with van der Waals surface area (Å²) in [5.41, 5.74) is 3.00. The number of nitrogens with zero attached hydrogens (tertiary/aromatic N) is 2. The average molecular weight is 296 g/mol. The van der Waals surface area contributed by atoms with Crippen molar-refractivity contribution in [3.8, 4) is 11.3 Å². The van der Waals surface area contributed by atoms with E-state index in [0.717, 1.165) is 11.3 Å². The van der Waals surface area contributed by atoms with Gasteiger partial charge in [-0.05, 0) is 5.56 Å². The zero-order chi connectivity index (χ0) is 14.5. The van der Waals surface area contributed by atoms with Gasteiger partial charge in [0.2, 0.25) is 5.95 Å². The molecule has 0 aliphatic rings. The van der Waals surface area contributed by atoms with Crippen LogP contribution < -0.4 is 5.32 Å². The number of benzene rings is 2. The summed E-state index contributed by atoms with van der Waals surface area (Å²) in [5, 5.41) is 3.64. The Kier molecular flexibility index (Phi) is 4.12. The predicted octanol–water partition coefficient (Wildman–Crippen LogP) is 4.41. The lowest BCUT2D eigenvalue weighted by molar-refractivity contribution is 1.06. The Balaban J connectivity index is 1.82. The summed E-state index contributed by atoms with van der Waals surface area (Å²) in [5.74, 6) is 0.533. The fourth-order valence-electron chi connectivity index (χ4n) is 2.03. The van der Waals surface area contributed by atoms with Crippen LogP contribution in [0.5, 0.6) is 0 Å². The summed E-state index contributed by atoms with van der Waals surface area (Å²) >= 11 is 6.09. The molecule has 0 saturated carbocycles. The van der Waals surface area contributed by atoms with Crippen LogP contribution in [0, 0.1) is 0 Å². The van der Waals surface area contributed by atoms with Gasteiger partial charge in [-0.3, -0.25) is 0 Å². The molecule has 1 N–H and O–H groups in total. The van der Waals surface area contributed by atoms with Crippen LogP contribution in [0.2, 0.25) is 5.15 Å². The zero-order valence-corrected chi connectivity index (χ0v) is 12.1. The smallest absolute Gasteiger partial charge is 0.224 e. The Morgan fingerprint density at radius 2 is 1.52 bits per heavy atom. The molecule has 0 spiro atoms. The molecule has 0 unspecified atom stereocenters. The number of aromatic nitrogens is 2. The maximum absolute atomic E-state index is 6.09. The number of hydrogen-bond donors (Lipinski definition) is 1. The van der Waals surface area contributed by atoms with Gasteiger partial charge < -0.3 is 5.32 Å². The lowest BCUT2D eigenvalue weighted by Gasteiger charge is -2.08. The molecule has 1 heterocycles. The second-order valence-electron chi connectivity index (χ2n) is 4.60. The highest BCUT2D eigenvalue weighted by Gasteiger charge is 2.05. The van der Waals surface area contributed by atoms with Crippen molar-refractivity contribution in [2.75, 3.05) is 5.32 Å². The molecule has 0 amide bonds. The Bertz CT molecular complexity index is 715. The highest BCUT2D eigenvalue weighted by molar-refractivity contribution is 6.29. The van der Waals surface area contributed by atoms with Crippen LogP contribution in [0.4, 0.5) is 5.95 Å². The van der Waals surface area contributed by atoms with Crippen molar-refractivity contribution in [3.05, 3.63) is 77.4 Å². The van der Waals surface area contributed by atoms with E-state index in [9.17, 15) is 0 Å². The molecule has 21 heavy (non-hydrogen) atoms. The molecule has 0 saturated heterocycles. The van der Waals surface area contributed by atoms with Gasteiger partial charge >= 0.3 is 0 Å². The molecule has 0 fully saturated rings. The predicted molar refractivity (Wildman–Crippen MR) is 86.2 cm³/mol. The first kappa shape index (κ1) is 13.6. The molecular formula is C17H14ClN3. The standard InChI is InChI=1S/C17H14ClN3/c18-16-11-15(14-9-5-2-6-10-14)20-17(21-16)19-12-13-7-3-1-4-8-13/h1-11H,12H2,(H,19,20,21). The SMILES string of the molecule is Clc1cc(-c2ccccc2)nc(NCc2ccccc2)n1. The molecule has 1 aromatic heterocycles. The Morgan fingerprint density at radius 3 is 2.24 bits per heavy atom. The molecule has 0 aliphatic carbocycles. The van der Waals surface area contributed by atoms with Gasteiger partial charge in [0.15, 0.2) is 0 Å². The van der Waals surface area contributed by atoms with Gasteiger partial charge in [0.05, 0.1) is 5.69 Å². The van der Waals surface area contributed by atoms with Gasteiger partial charge in [-0.25, -0.2) is 9.97 Å². The highest BCUT2D eigenvalue weighted by atomic mass is 35.5. The Hall–Kier alpha value is -2.39. The summed E-state index contributed by atoms with van der Waals surface area (Å²) < 4.78 is 0. The van der Waals surface area contributed by atoms with Crippen LogP contribution in [-0.4, -0.2) is 9.97 Å². The van der Waals surface area contributed by atoms with E-state index in [-0.39, 0.29) is 0 Å². The van der Waals surface area contributed by atoms with Gasteiger partial charge in [0.25, 0.3) is 0 Å². The molecule has 0 bridgehead atoms. The van der Waals surface area contributed by atoms with E-state index >= 15 is 0 Å². The number of halogens is 1. The molecule has 4 heteroatoms. The third kappa shape index (κ3) is 3.58. The Labute approximate surface area is 128 Å². The fourth-order valence-corrected chi connectivity index (χ4v) is 2.21. The average Bonchev–Trinajstić information content (AvgIpc) is 2.54. The van der Waals surface area contributed by atoms with Crippen molar-refractivity contribution in [2.24, 2.45) is 0 Å². The van der Waals surface area contributed by atoms with E-state index in [2.05, 4.69) is 27.4 Å². The third-order valence-electron chi connectivity index (χ3n) is 3.06. The zero-order valence-electron chi connectivity index (χ0n) is 11.3. The van der Waals surface area contributed by atoms with E-state index in [1.54, 1.807) is 6.07 Å². The van der Waals surface area contributed by atoms with Crippen LogP contribution >= 0.6 is 11.6 Å². The maximum atomic E-state index is 6.09. The van der Waals surface area contributed by atoms with Crippen molar-refractivity contribution in [1.82, 2.24) is 9.97 Å².